The van der Waals surface area contributed by atoms with Crippen LogP contribution in [-0.2, 0) is 28.9 Å². The van der Waals surface area contributed by atoms with E-state index in [0.717, 1.165) is 21.2 Å². The number of nitrogens with one attached hydrogen (secondary N) is 1. The maximum absolute atomic E-state index is 13.1. The number of benzene rings is 1. The van der Waals surface area contributed by atoms with Crippen molar-refractivity contribution < 1.29 is 22.8 Å². The van der Waals surface area contributed by atoms with Crippen molar-refractivity contribution in [2.75, 3.05) is 11.9 Å². The molecule has 7 nitrogen and oxygen atoms in total. The van der Waals surface area contributed by atoms with Gasteiger partial charge in [0, 0.05) is 18.0 Å². The molecule has 0 radical (unpaired) electrons. The monoisotopic (exact) mass is 397 g/mol. The number of rotatable bonds is 1. The number of nitrogens with zero attached hydrogens (tertiary/aromatic N) is 4. The van der Waals surface area contributed by atoms with E-state index in [0.29, 0.717) is 5.69 Å². The topological polar surface area (TPSA) is 80.1 Å². The Morgan fingerprint density at radius 2 is 2.00 bits per heavy atom. The van der Waals surface area contributed by atoms with Crippen LogP contribution in [0.1, 0.15) is 18.6 Å². The molecule has 0 bridgehead atoms. The van der Waals surface area contributed by atoms with E-state index in [1.807, 2.05) is 0 Å². The third kappa shape index (κ3) is 2.85. The zero-order valence-corrected chi connectivity index (χ0v) is 14.9. The Hall–Kier alpha value is -2.56. The van der Waals surface area contributed by atoms with E-state index in [4.69, 9.17) is 0 Å². The summed E-state index contributed by atoms with van der Waals surface area (Å²) in [5.74, 6) is -1.96. The highest BCUT2D eigenvalue weighted by Crippen LogP contribution is 2.43. The van der Waals surface area contributed by atoms with E-state index in [9.17, 15) is 22.8 Å². The van der Waals surface area contributed by atoms with E-state index in [1.165, 1.54) is 11.8 Å². The number of hydrogen-bond acceptors (Lipinski definition) is 5. The number of fused-ring (bicyclic) bond motifs is 2. The van der Waals surface area contributed by atoms with Crippen LogP contribution in [0.25, 0.3) is 0 Å². The number of anilines is 1. The molecule has 0 aliphatic carbocycles. The van der Waals surface area contributed by atoms with Crippen LogP contribution >= 0.6 is 11.8 Å². The summed E-state index contributed by atoms with van der Waals surface area (Å²) in [5.41, 5.74) is 0.631. The predicted octanol–water partition coefficient (Wildman–Crippen LogP) is 2.14. The van der Waals surface area contributed by atoms with E-state index < -0.39 is 28.6 Å². The van der Waals surface area contributed by atoms with E-state index in [-0.39, 0.29) is 25.5 Å². The molecule has 2 aromatic rings. The molecule has 2 aliphatic heterocycles. The molecule has 1 N–H and O–H groups in total. The Morgan fingerprint density at radius 3 is 2.74 bits per heavy atom. The largest absolute Gasteiger partial charge is 0.451 e. The minimum Gasteiger partial charge on any atom is -0.332 e. The van der Waals surface area contributed by atoms with Gasteiger partial charge in [0.2, 0.25) is 17.6 Å². The van der Waals surface area contributed by atoms with Crippen molar-refractivity contribution in [2.24, 2.45) is 0 Å². The van der Waals surface area contributed by atoms with Gasteiger partial charge in [-0.15, -0.1) is 10.2 Å². The number of aromatic nitrogens is 3. The summed E-state index contributed by atoms with van der Waals surface area (Å²) in [4.78, 5) is 27.8. The van der Waals surface area contributed by atoms with Gasteiger partial charge >= 0.3 is 6.18 Å². The van der Waals surface area contributed by atoms with Crippen molar-refractivity contribution in [2.45, 2.75) is 35.8 Å². The Balaban J connectivity index is 1.59. The fraction of sp³-hybridized carbons (Fsp3) is 0.375. The lowest BCUT2D eigenvalue weighted by Crippen LogP contribution is -2.55. The van der Waals surface area contributed by atoms with Crippen molar-refractivity contribution in [1.82, 2.24) is 19.7 Å². The molecule has 1 aromatic carbocycles. The van der Waals surface area contributed by atoms with Gasteiger partial charge in [-0.2, -0.15) is 13.2 Å². The number of carbonyl (C=O) groups is 2. The lowest BCUT2D eigenvalue weighted by Gasteiger charge is -2.37. The van der Waals surface area contributed by atoms with Crippen molar-refractivity contribution in [3.63, 3.8) is 0 Å². The molecule has 27 heavy (non-hydrogen) atoms. The molecular weight excluding hydrogens is 383 g/mol. The van der Waals surface area contributed by atoms with Gasteiger partial charge in [-0.25, -0.2) is 0 Å². The summed E-state index contributed by atoms with van der Waals surface area (Å²) >= 11 is 1.13. The van der Waals surface area contributed by atoms with Crippen molar-refractivity contribution in [3.8, 4) is 0 Å². The van der Waals surface area contributed by atoms with Crippen LogP contribution < -0.4 is 5.32 Å². The molecule has 0 saturated carbocycles. The average molecular weight is 397 g/mol. The van der Waals surface area contributed by atoms with Crippen molar-refractivity contribution >= 4 is 29.3 Å². The van der Waals surface area contributed by atoms with Crippen LogP contribution in [0.5, 0.6) is 0 Å². The van der Waals surface area contributed by atoms with Gasteiger partial charge in [-0.3, -0.25) is 9.59 Å². The molecule has 0 fully saturated rings. The summed E-state index contributed by atoms with van der Waals surface area (Å²) in [6, 6.07) is 7.12. The van der Waals surface area contributed by atoms with Gasteiger partial charge in [-0.1, -0.05) is 23.9 Å². The Morgan fingerprint density at radius 1 is 1.26 bits per heavy atom. The zero-order valence-electron chi connectivity index (χ0n) is 14.1. The zero-order chi connectivity index (χ0) is 19.4. The summed E-state index contributed by atoms with van der Waals surface area (Å²) in [6.07, 6.45) is -4.60. The molecule has 1 aromatic heterocycles. The normalized spacial score (nSPS) is 22.1. The predicted molar refractivity (Wildman–Crippen MR) is 89.8 cm³/mol. The number of hydrogen-bond donors (Lipinski definition) is 1. The first-order chi connectivity index (χ1) is 12.7. The SMILES string of the molecule is CC1(C(=O)N2CCn3c(nnc3C(F)(F)F)C2)Sc2ccccc2NC1=O. The molecular formula is C16H14F3N5O2S. The fourth-order valence-electron chi connectivity index (χ4n) is 3.15. The summed E-state index contributed by atoms with van der Waals surface area (Å²) in [5, 5.41) is 9.50. The standard InChI is InChI=1S/C16H14F3N5O2S/c1-15(13(25)20-9-4-2-3-5-10(9)27-15)14(26)23-6-7-24-11(8-23)21-22-12(24)16(17,18)19/h2-5H,6-8H2,1H3,(H,20,25). The molecule has 142 valence electrons. The lowest BCUT2D eigenvalue weighted by atomic mass is 10.1. The first-order valence-electron chi connectivity index (χ1n) is 8.08. The molecule has 1 unspecified atom stereocenters. The number of thioether (sulfide) groups is 1. The van der Waals surface area contributed by atoms with Gasteiger partial charge in [0.15, 0.2) is 10.6 Å². The quantitative estimate of drug-likeness (QED) is 0.746. The molecule has 2 amide bonds. The third-order valence-corrected chi connectivity index (χ3v) is 5.93. The second kappa shape index (κ2) is 5.98. The Kier molecular flexibility index (Phi) is 3.95. The van der Waals surface area contributed by atoms with Gasteiger partial charge in [0.25, 0.3) is 0 Å². The minimum absolute atomic E-state index is 0.0397. The lowest BCUT2D eigenvalue weighted by molar-refractivity contribution is -0.148. The van der Waals surface area contributed by atoms with Gasteiger partial charge in [0.1, 0.15) is 0 Å². The maximum atomic E-state index is 13.1. The minimum atomic E-state index is -4.60. The Labute approximate surface area is 155 Å². The van der Waals surface area contributed by atoms with Crippen LogP contribution in [-0.4, -0.2) is 42.8 Å². The van der Waals surface area contributed by atoms with Crippen molar-refractivity contribution in [1.29, 1.82) is 0 Å². The average Bonchev–Trinajstić information content (AvgIpc) is 3.05. The summed E-state index contributed by atoms with van der Waals surface area (Å²) in [7, 11) is 0. The van der Waals surface area contributed by atoms with E-state index >= 15 is 0 Å². The molecule has 11 heteroatoms. The molecule has 1 atom stereocenters. The van der Waals surface area contributed by atoms with Crippen LogP contribution in [0.4, 0.5) is 18.9 Å². The highest BCUT2D eigenvalue weighted by atomic mass is 32.2. The second-order valence-corrected chi connectivity index (χ2v) is 7.86. The number of amides is 2. The summed E-state index contributed by atoms with van der Waals surface area (Å²) < 4.78 is 38.4. The first-order valence-corrected chi connectivity index (χ1v) is 8.90. The molecule has 0 saturated heterocycles. The number of halogens is 3. The molecule has 0 spiro atoms. The smallest absolute Gasteiger partial charge is 0.332 e. The third-order valence-electron chi connectivity index (χ3n) is 4.58. The number of para-hydroxylation sites is 1. The van der Waals surface area contributed by atoms with E-state index in [1.54, 1.807) is 24.3 Å². The van der Waals surface area contributed by atoms with Crippen LogP contribution in [0.3, 0.4) is 0 Å². The number of carbonyl (C=O) groups excluding carboxylic acids is 2. The first kappa shape index (κ1) is 17.8. The van der Waals surface area contributed by atoms with Crippen LogP contribution in [0, 0.1) is 0 Å². The molecule has 4 rings (SSSR count). The molecule has 2 aliphatic rings. The van der Waals surface area contributed by atoms with Crippen LogP contribution in [0.2, 0.25) is 0 Å². The second-order valence-electron chi connectivity index (χ2n) is 6.40. The van der Waals surface area contributed by atoms with E-state index in [2.05, 4.69) is 15.5 Å². The highest BCUT2D eigenvalue weighted by molar-refractivity contribution is 8.02. The van der Waals surface area contributed by atoms with Gasteiger partial charge in [0.05, 0.1) is 12.2 Å². The van der Waals surface area contributed by atoms with Gasteiger partial charge < -0.3 is 14.8 Å². The van der Waals surface area contributed by atoms with Crippen LogP contribution in [0.15, 0.2) is 29.2 Å². The van der Waals surface area contributed by atoms with Crippen molar-refractivity contribution in [3.05, 3.63) is 35.9 Å². The van der Waals surface area contributed by atoms with Gasteiger partial charge in [-0.05, 0) is 19.1 Å². The maximum Gasteiger partial charge on any atom is 0.451 e. The highest BCUT2D eigenvalue weighted by Gasteiger charge is 2.49. The molecule has 3 heterocycles. The Bertz CT molecular complexity index is 944. The number of alkyl halides is 3. The fourth-order valence-corrected chi connectivity index (χ4v) is 4.33. The summed E-state index contributed by atoms with van der Waals surface area (Å²) in [6.45, 7) is 1.35.